The van der Waals surface area contributed by atoms with Crippen molar-refractivity contribution in [1.29, 1.82) is 0 Å². The Bertz CT molecular complexity index is 1240. The van der Waals surface area contributed by atoms with E-state index in [-0.39, 0.29) is 24.3 Å². The molecule has 0 amide bonds. The number of aromatic nitrogens is 4. The standard InChI is InChI=1S/C24H29BrClN5O3/c1-11(2)31-17-8-12(7-14(25)20(17)29-22(31)24(3,4)33)19-15(26)10-27-23(30-19)28-16-9-13-5-6-18(34-13)21(16)32/h7-8,10-11,13,16,18,21,32-33H,5-6,9H2,1-4H3,(H,27,28,30)/t13-,16-,18+,21+/m1/s1. The zero-order valence-corrected chi connectivity index (χ0v) is 21.9. The van der Waals surface area contributed by atoms with Crippen molar-refractivity contribution in [3.8, 4) is 11.3 Å². The molecule has 0 aliphatic carbocycles. The molecule has 10 heteroatoms. The van der Waals surface area contributed by atoms with Crippen LogP contribution in [-0.4, -0.2) is 54.1 Å². The van der Waals surface area contributed by atoms with Crippen molar-refractivity contribution >= 4 is 44.5 Å². The van der Waals surface area contributed by atoms with E-state index < -0.39 is 11.7 Å². The highest BCUT2D eigenvalue weighted by molar-refractivity contribution is 9.10. The molecule has 34 heavy (non-hydrogen) atoms. The Labute approximate surface area is 211 Å². The van der Waals surface area contributed by atoms with Gasteiger partial charge in [0.2, 0.25) is 5.95 Å². The molecule has 0 saturated carbocycles. The number of aliphatic hydroxyl groups is 2. The molecule has 2 aromatic heterocycles. The summed E-state index contributed by atoms with van der Waals surface area (Å²) in [6.45, 7) is 7.59. The lowest BCUT2D eigenvalue weighted by atomic mass is 10.0. The van der Waals surface area contributed by atoms with Crippen LogP contribution in [0.25, 0.3) is 22.3 Å². The zero-order chi connectivity index (χ0) is 24.4. The molecule has 1 aromatic carbocycles. The van der Waals surface area contributed by atoms with Crippen LogP contribution in [0.1, 0.15) is 58.8 Å². The number of hydrogen-bond acceptors (Lipinski definition) is 7. The van der Waals surface area contributed by atoms with Gasteiger partial charge >= 0.3 is 0 Å². The number of fused-ring (bicyclic) bond motifs is 3. The van der Waals surface area contributed by atoms with Crippen molar-refractivity contribution in [2.45, 2.75) is 83.0 Å². The minimum Gasteiger partial charge on any atom is -0.388 e. The fraction of sp³-hybridized carbons (Fsp3) is 0.542. The van der Waals surface area contributed by atoms with Crippen LogP contribution in [0.3, 0.4) is 0 Å². The summed E-state index contributed by atoms with van der Waals surface area (Å²) in [6.07, 6.45) is 3.56. The first-order valence-corrected chi connectivity index (χ1v) is 12.8. The molecule has 8 nitrogen and oxygen atoms in total. The van der Waals surface area contributed by atoms with E-state index in [0.29, 0.717) is 28.9 Å². The van der Waals surface area contributed by atoms with Gasteiger partial charge in [-0.2, -0.15) is 0 Å². The Morgan fingerprint density at radius 2 is 2.03 bits per heavy atom. The lowest BCUT2D eigenvalue weighted by molar-refractivity contribution is -0.0811. The second-order valence-electron chi connectivity index (χ2n) is 10.0. The van der Waals surface area contributed by atoms with Gasteiger partial charge in [0.05, 0.1) is 40.7 Å². The maximum Gasteiger partial charge on any atom is 0.223 e. The summed E-state index contributed by atoms with van der Waals surface area (Å²) >= 11 is 10.2. The number of halogens is 2. The molecular formula is C24H29BrClN5O3. The summed E-state index contributed by atoms with van der Waals surface area (Å²) in [4.78, 5) is 13.8. The van der Waals surface area contributed by atoms with Crippen LogP contribution in [0.2, 0.25) is 5.02 Å². The fourth-order valence-electron chi connectivity index (χ4n) is 5.03. The Hall–Kier alpha value is -1.78. The molecule has 2 fully saturated rings. The van der Waals surface area contributed by atoms with Crippen molar-refractivity contribution in [1.82, 2.24) is 19.5 Å². The van der Waals surface area contributed by atoms with E-state index in [0.717, 1.165) is 33.9 Å². The molecule has 5 rings (SSSR count). The van der Waals surface area contributed by atoms with Crippen LogP contribution >= 0.6 is 27.5 Å². The maximum atomic E-state index is 10.7. The molecule has 4 atom stereocenters. The molecule has 0 unspecified atom stereocenters. The first-order valence-electron chi connectivity index (χ1n) is 11.6. The Morgan fingerprint density at radius 3 is 2.74 bits per heavy atom. The van der Waals surface area contributed by atoms with Gasteiger partial charge < -0.3 is 24.8 Å². The van der Waals surface area contributed by atoms with Gasteiger partial charge in [-0.05, 0) is 75.0 Å². The molecule has 0 spiro atoms. The Balaban J connectivity index is 1.55. The van der Waals surface area contributed by atoms with Gasteiger partial charge in [-0.1, -0.05) is 11.6 Å². The monoisotopic (exact) mass is 549 g/mol. The summed E-state index contributed by atoms with van der Waals surface area (Å²) in [5.74, 6) is 1.00. The van der Waals surface area contributed by atoms with Gasteiger partial charge in [0, 0.05) is 16.1 Å². The minimum absolute atomic E-state index is 0.0806. The molecule has 2 aliphatic rings. The number of imidazole rings is 1. The molecular weight excluding hydrogens is 522 g/mol. The van der Waals surface area contributed by atoms with E-state index in [4.69, 9.17) is 26.3 Å². The Kier molecular flexibility index (Phi) is 6.13. The van der Waals surface area contributed by atoms with E-state index in [1.807, 2.05) is 16.7 Å². The predicted octanol–water partition coefficient (Wildman–Crippen LogP) is 4.81. The van der Waals surface area contributed by atoms with Gasteiger partial charge in [0.15, 0.2) is 0 Å². The van der Waals surface area contributed by atoms with Gasteiger partial charge in [0.25, 0.3) is 0 Å². The predicted molar refractivity (Wildman–Crippen MR) is 135 cm³/mol. The van der Waals surface area contributed by atoms with Crippen LogP contribution in [-0.2, 0) is 10.3 Å². The van der Waals surface area contributed by atoms with Crippen LogP contribution < -0.4 is 5.32 Å². The summed E-state index contributed by atoms with van der Waals surface area (Å²) in [6, 6.07) is 3.82. The molecule has 182 valence electrons. The molecule has 2 bridgehead atoms. The topological polar surface area (TPSA) is 105 Å². The lowest BCUT2D eigenvalue weighted by Gasteiger charge is -2.33. The van der Waals surface area contributed by atoms with E-state index in [1.165, 1.54) is 0 Å². The second-order valence-corrected chi connectivity index (χ2v) is 11.3. The first-order chi connectivity index (χ1) is 16.0. The summed E-state index contributed by atoms with van der Waals surface area (Å²) < 4.78 is 8.63. The number of rotatable bonds is 5. The SMILES string of the molecule is CC(C)n1c(C(C)(C)O)nc2c(Br)cc(-c3nc(N[C@@H]4C[C@H]5CC[C@H](O5)[C@H]4O)ncc3Cl)cc21. The van der Waals surface area contributed by atoms with E-state index >= 15 is 0 Å². The average Bonchev–Trinajstić information content (AvgIpc) is 3.35. The molecule has 2 aliphatic heterocycles. The summed E-state index contributed by atoms with van der Waals surface area (Å²) in [5, 5.41) is 25.1. The number of nitrogens with zero attached hydrogens (tertiary/aromatic N) is 4. The highest BCUT2D eigenvalue weighted by atomic mass is 79.9. The normalized spacial score (nSPS) is 24.9. The highest BCUT2D eigenvalue weighted by Crippen LogP contribution is 2.38. The number of benzene rings is 1. The van der Waals surface area contributed by atoms with Crippen molar-refractivity contribution in [3.63, 3.8) is 0 Å². The summed E-state index contributed by atoms with van der Waals surface area (Å²) in [5.41, 5.74) is 1.91. The molecule has 4 heterocycles. The fourth-order valence-corrected chi connectivity index (χ4v) is 5.77. The summed E-state index contributed by atoms with van der Waals surface area (Å²) in [7, 11) is 0. The Morgan fingerprint density at radius 1 is 1.26 bits per heavy atom. The van der Waals surface area contributed by atoms with Crippen molar-refractivity contribution in [2.75, 3.05) is 5.32 Å². The van der Waals surface area contributed by atoms with E-state index in [1.54, 1.807) is 20.0 Å². The second kappa shape index (κ2) is 8.71. The van der Waals surface area contributed by atoms with Gasteiger partial charge in [0.1, 0.15) is 23.0 Å². The van der Waals surface area contributed by atoms with Gasteiger partial charge in [-0.25, -0.2) is 15.0 Å². The number of ether oxygens (including phenoxy) is 1. The number of anilines is 1. The van der Waals surface area contributed by atoms with Crippen molar-refractivity contribution < 1.29 is 14.9 Å². The number of aliphatic hydroxyl groups excluding tert-OH is 1. The maximum absolute atomic E-state index is 10.7. The third-order valence-electron chi connectivity index (χ3n) is 6.59. The lowest BCUT2D eigenvalue weighted by Crippen LogP contribution is -2.47. The third kappa shape index (κ3) is 4.22. The third-order valence-corrected chi connectivity index (χ3v) is 7.48. The molecule has 3 N–H and O–H groups in total. The van der Waals surface area contributed by atoms with Crippen LogP contribution in [0.4, 0.5) is 5.95 Å². The zero-order valence-electron chi connectivity index (χ0n) is 19.6. The number of nitrogens with one attached hydrogen (secondary N) is 1. The van der Waals surface area contributed by atoms with E-state index in [9.17, 15) is 10.2 Å². The first kappa shape index (κ1) is 23.9. The van der Waals surface area contributed by atoms with Crippen molar-refractivity contribution in [2.24, 2.45) is 0 Å². The smallest absolute Gasteiger partial charge is 0.223 e. The van der Waals surface area contributed by atoms with Gasteiger partial charge in [-0.15, -0.1) is 0 Å². The van der Waals surface area contributed by atoms with E-state index in [2.05, 4.69) is 40.1 Å². The number of hydrogen-bond donors (Lipinski definition) is 3. The minimum atomic E-state index is -1.10. The van der Waals surface area contributed by atoms with Crippen LogP contribution in [0.15, 0.2) is 22.8 Å². The average molecular weight is 551 g/mol. The molecule has 3 aromatic rings. The molecule has 0 radical (unpaired) electrons. The largest absolute Gasteiger partial charge is 0.388 e. The highest BCUT2D eigenvalue weighted by Gasteiger charge is 2.42. The van der Waals surface area contributed by atoms with Gasteiger partial charge in [-0.3, -0.25) is 0 Å². The van der Waals surface area contributed by atoms with Crippen molar-refractivity contribution in [3.05, 3.63) is 33.6 Å². The van der Waals surface area contributed by atoms with Crippen LogP contribution in [0, 0.1) is 0 Å². The molecule has 2 saturated heterocycles. The van der Waals surface area contributed by atoms with Crippen LogP contribution in [0.5, 0.6) is 0 Å². The quantitative estimate of drug-likeness (QED) is 0.419.